The van der Waals surface area contributed by atoms with E-state index in [2.05, 4.69) is 27.3 Å². The van der Waals surface area contributed by atoms with E-state index in [1.807, 2.05) is 59.7 Å². The van der Waals surface area contributed by atoms with Crippen LogP contribution in [0.5, 0.6) is 0 Å². The lowest BCUT2D eigenvalue weighted by molar-refractivity contribution is -0.130. The van der Waals surface area contributed by atoms with Crippen LogP contribution in [0.2, 0.25) is 0 Å². The van der Waals surface area contributed by atoms with E-state index in [0.29, 0.717) is 6.42 Å². The number of thiazole rings is 1. The number of carbonyl (C=O) groups excluding carboxylic acids is 2. The van der Waals surface area contributed by atoms with Crippen LogP contribution in [-0.4, -0.2) is 53.6 Å². The summed E-state index contributed by atoms with van der Waals surface area (Å²) < 4.78 is 0.806. The van der Waals surface area contributed by atoms with E-state index in [0.717, 1.165) is 47.5 Å². The molecule has 2 amide bonds. The first kappa shape index (κ1) is 22.4. The predicted octanol–water partition coefficient (Wildman–Crippen LogP) is 4.07. The zero-order valence-corrected chi connectivity index (χ0v) is 19.6. The summed E-state index contributed by atoms with van der Waals surface area (Å²) in [6.07, 6.45) is 0.304. The van der Waals surface area contributed by atoms with Crippen LogP contribution in [0, 0.1) is 6.92 Å². The maximum absolute atomic E-state index is 12.7. The van der Waals surface area contributed by atoms with Crippen molar-refractivity contribution >= 4 is 46.3 Å². The second-order valence-electron chi connectivity index (χ2n) is 7.69. The lowest BCUT2D eigenvalue weighted by atomic mass is 10.2. The van der Waals surface area contributed by atoms with Crippen molar-refractivity contribution in [1.29, 1.82) is 0 Å². The van der Waals surface area contributed by atoms with Crippen LogP contribution in [0.4, 0.5) is 11.4 Å². The van der Waals surface area contributed by atoms with E-state index in [4.69, 9.17) is 0 Å². The first-order chi connectivity index (χ1) is 15.6. The highest BCUT2D eigenvalue weighted by Gasteiger charge is 2.22. The topological polar surface area (TPSA) is 65.5 Å². The molecule has 166 valence electrons. The molecule has 0 spiro atoms. The van der Waals surface area contributed by atoms with Gasteiger partial charge < -0.3 is 15.1 Å². The van der Waals surface area contributed by atoms with Crippen molar-refractivity contribution in [2.45, 2.75) is 17.7 Å². The Balaban J connectivity index is 1.21. The second-order valence-corrected chi connectivity index (χ2v) is 9.77. The number of aryl methyl sites for hydroxylation is 1. The van der Waals surface area contributed by atoms with Gasteiger partial charge in [0.15, 0.2) is 4.34 Å². The summed E-state index contributed by atoms with van der Waals surface area (Å²) in [5.41, 5.74) is 3.92. The first-order valence-electron chi connectivity index (χ1n) is 10.6. The molecule has 8 heteroatoms. The summed E-state index contributed by atoms with van der Waals surface area (Å²) in [6.45, 7) is 5.13. The van der Waals surface area contributed by atoms with Crippen molar-refractivity contribution in [3.63, 3.8) is 0 Å². The number of anilines is 2. The van der Waals surface area contributed by atoms with Crippen LogP contribution in [0.1, 0.15) is 11.3 Å². The van der Waals surface area contributed by atoms with Crippen molar-refractivity contribution in [1.82, 2.24) is 9.88 Å². The summed E-state index contributed by atoms with van der Waals surface area (Å²) in [5, 5.41) is 4.80. The minimum absolute atomic E-state index is 0.0667. The van der Waals surface area contributed by atoms with Gasteiger partial charge in [0.25, 0.3) is 0 Å². The van der Waals surface area contributed by atoms with E-state index in [1.54, 1.807) is 0 Å². The number of hydrogen-bond donors (Lipinski definition) is 1. The number of nitrogens with one attached hydrogen (secondary N) is 1. The number of piperazine rings is 1. The zero-order chi connectivity index (χ0) is 22.3. The normalized spacial score (nSPS) is 13.8. The number of carbonyl (C=O) groups is 2. The lowest BCUT2D eigenvalue weighted by Gasteiger charge is -2.36. The highest BCUT2D eigenvalue weighted by atomic mass is 32.2. The number of hydrogen-bond acceptors (Lipinski definition) is 6. The fraction of sp³-hybridized carbons (Fsp3) is 0.292. The quantitative estimate of drug-likeness (QED) is 0.532. The van der Waals surface area contributed by atoms with Gasteiger partial charge in [0.1, 0.15) is 0 Å². The predicted molar refractivity (Wildman–Crippen MR) is 132 cm³/mol. The van der Waals surface area contributed by atoms with Crippen LogP contribution >= 0.6 is 23.1 Å². The average Bonchev–Trinajstić information content (AvgIpc) is 3.27. The molecule has 1 aliphatic heterocycles. The molecule has 0 aliphatic carbocycles. The maximum atomic E-state index is 12.7. The Morgan fingerprint density at radius 3 is 2.47 bits per heavy atom. The molecule has 1 N–H and O–H groups in total. The Kier molecular flexibility index (Phi) is 7.44. The summed E-state index contributed by atoms with van der Waals surface area (Å²) in [6, 6.07) is 18.0. The van der Waals surface area contributed by atoms with Gasteiger partial charge in [-0.2, -0.15) is 0 Å². The highest BCUT2D eigenvalue weighted by molar-refractivity contribution is 8.01. The molecule has 2 aromatic carbocycles. The Morgan fingerprint density at radius 2 is 1.75 bits per heavy atom. The number of para-hydroxylation sites is 1. The standard InChI is InChI=1S/C24H26N4O2S2/c1-18-7-9-19(10-8-18)25-22(29)17-32-24-26-20(16-31-24)15-23(30)28-13-11-27(12-14-28)21-5-3-2-4-6-21/h2-10,16H,11-15,17H2,1H3,(H,25,29). The van der Waals surface area contributed by atoms with E-state index >= 15 is 0 Å². The minimum atomic E-state index is -0.0667. The van der Waals surface area contributed by atoms with Crippen LogP contribution in [0.15, 0.2) is 64.3 Å². The molecule has 1 fully saturated rings. The van der Waals surface area contributed by atoms with Gasteiger partial charge >= 0.3 is 0 Å². The summed E-state index contributed by atoms with van der Waals surface area (Å²) in [7, 11) is 0. The summed E-state index contributed by atoms with van der Waals surface area (Å²) in [4.78, 5) is 33.7. The highest BCUT2D eigenvalue weighted by Crippen LogP contribution is 2.24. The van der Waals surface area contributed by atoms with Gasteiger partial charge in [-0.1, -0.05) is 47.7 Å². The third-order valence-electron chi connectivity index (χ3n) is 5.28. The molecule has 0 saturated carbocycles. The van der Waals surface area contributed by atoms with Crippen LogP contribution < -0.4 is 10.2 Å². The molecule has 0 unspecified atom stereocenters. The SMILES string of the molecule is Cc1ccc(NC(=O)CSc2nc(CC(=O)N3CCN(c4ccccc4)CC3)cs2)cc1. The molecule has 4 rings (SSSR count). The van der Waals surface area contributed by atoms with E-state index in [-0.39, 0.29) is 17.6 Å². The molecule has 0 atom stereocenters. The number of amides is 2. The Hall–Kier alpha value is -2.84. The molecule has 3 aromatic rings. The third-order valence-corrected chi connectivity index (χ3v) is 7.35. The number of aromatic nitrogens is 1. The number of benzene rings is 2. The van der Waals surface area contributed by atoms with Crippen molar-refractivity contribution in [3.8, 4) is 0 Å². The fourth-order valence-electron chi connectivity index (χ4n) is 3.52. The lowest BCUT2D eigenvalue weighted by Crippen LogP contribution is -2.49. The van der Waals surface area contributed by atoms with Crippen molar-refractivity contribution in [2.24, 2.45) is 0 Å². The van der Waals surface area contributed by atoms with E-state index in [1.165, 1.54) is 28.8 Å². The smallest absolute Gasteiger partial charge is 0.234 e. The van der Waals surface area contributed by atoms with Gasteiger partial charge in [-0.3, -0.25) is 9.59 Å². The second kappa shape index (κ2) is 10.7. The van der Waals surface area contributed by atoms with Crippen molar-refractivity contribution < 1.29 is 9.59 Å². The van der Waals surface area contributed by atoms with E-state index < -0.39 is 0 Å². The van der Waals surface area contributed by atoms with Crippen molar-refractivity contribution in [2.75, 3.05) is 42.1 Å². The summed E-state index contributed by atoms with van der Waals surface area (Å²) in [5.74, 6) is 0.329. The Morgan fingerprint density at radius 1 is 1.03 bits per heavy atom. The summed E-state index contributed by atoms with van der Waals surface area (Å²) >= 11 is 2.88. The van der Waals surface area contributed by atoms with Gasteiger partial charge in [-0.05, 0) is 31.2 Å². The van der Waals surface area contributed by atoms with Gasteiger partial charge in [-0.15, -0.1) is 11.3 Å². The van der Waals surface area contributed by atoms with Crippen LogP contribution in [0.3, 0.4) is 0 Å². The molecule has 32 heavy (non-hydrogen) atoms. The van der Waals surface area contributed by atoms with Gasteiger partial charge in [0, 0.05) is 42.9 Å². The maximum Gasteiger partial charge on any atom is 0.234 e. The van der Waals surface area contributed by atoms with Gasteiger partial charge in [0.05, 0.1) is 17.9 Å². The number of nitrogens with zero attached hydrogens (tertiary/aromatic N) is 3. The molecule has 0 radical (unpaired) electrons. The van der Waals surface area contributed by atoms with Gasteiger partial charge in [-0.25, -0.2) is 4.98 Å². The molecule has 1 aromatic heterocycles. The minimum Gasteiger partial charge on any atom is -0.368 e. The number of thioether (sulfide) groups is 1. The van der Waals surface area contributed by atoms with Gasteiger partial charge in [0.2, 0.25) is 11.8 Å². The van der Waals surface area contributed by atoms with Crippen LogP contribution in [-0.2, 0) is 16.0 Å². The monoisotopic (exact) mass is 466 g/mol. The average molecular weight is 467 g/mol. The number of rotatable bonds is 7. The Bertz CT molecular complexity index is 1050. The molecule has 2 heterocycles. The Labute approximate surface area is 196 Å². The molecule has 1 saturated heterocycles. The van der Waals surface area contributed by atoms with Crippen molar-refractivity contribution in [3.05, 3.63) is 71.2 Å². The molecule has 0 bridgehead atoms. The van der Waals surface area contributed by atoms with Crippen LogP contribution in [0.25, 0.3) is 0 Å². The third kappa shape index (κ3) is 6.11. The molecular weight excluding hydrogens is 440 g/mol. The zero-order valence-electron chi connectivity index (χ0n) is 18.0. The fourth-order valence-corrected chi connectivity index (χ4v) is 5.16. The molecule has 6 nitrogen and oxygen atoms in total. The largest absolute Gasteiger partial charge is 0.368 e. The first-order valence-corrected chi connectivity index (χ1v) is 12.4. The molecular formula is C24H26N4O2S2. The molecule has 1 aliphatic rings. The van der Waals surface area contributed by atoms with E-state index in [9.17, 15) is 9.59 Å².